The second-order valence-corrected chi connectivity index (χ2v) is 8.69. The minimum Gasteiger partial charge on any atom is -0.299 e. The highest BCUT2D eigenvalue weighted by atomic mass is 31.2. The van der Waals surface area contributed by atoms with Crippen LogP contribution in [0.15, 0.2) is 103 Å². The fourth-order valence-electron chi connectivity index (χ4n) is 2.92. The summed E-state index contributed by atoms with van der Waals surface area (Å²) in [5.41, 5.74) is 0. The number of hydrogen-bond donors (Lipinski definition) is 0. The standard InChI is InChI=1S/C22H19OP/c23-18-10-11-19-24(20-12-4-1-5-13-20,21-14-6-2-7-15-21)22-16-8-3-9-17-22/h1-19H. The van der Waals surface area contributed by atoms with E-state index < -0.39 is 6.89 Å². The smallest absolute Gasteiger partial charge is 0.142 e. The van der Waals surface area contributed by atoms with Gasteiger partial charge in [0.1, 0.15) is 6.29 Å². The van der Waals surface area contributed by atoms with Crippen LogP contribution in [-0.4, -0.2) is 12.1 Å². The summed E-state index contributed by atoms with van der Waals surface area (Å²) < 4.78 is 0. The highest BCUT2D eigenvalue weighted by Crippen LogP contribution is 2.43. The maximum Gasteiger partial charge on any atom is 0.142 e. The molecule has 3 aromatic rings. The molecule has 0 bridgehead atoms. The van der Waals surface area contributed by atoms with Crippen molar-refractivity contribution in [1.82, 2.24) is 0 Å². The van der Waals surface area contributed by atoms with Gasteiger partial charge in [0.05, 0.1) is 0 Å². The molecule has 0 N–H and O–H groups in total. The third kappa shape index (κ3) is 3.18. The topological polar surface area (TPSA) is 17.1 Å². The van der Waals surface area contributed by atoms with E-state index in [1.165, 1.54) is 15.9 Å². The lowest BCUT2D eigenvalue weighted by molar-refractivity contribution is -0.104. The Balaban J connectivity index is 2.40. The largest absolute Gasteiger partial charge is 0.299 e. The predicted octanol–water partition coefficient (Wildman–Crippen LogP) is 3.54. The fraction of sp³-hybridized carbons (Fsp3) is 0. The Morgan fingerprint density at radius 3 is 1.25 bits per heavy atom. The highest BCUT2D eigenvalue weighted by molar-refractivity contribution is 7.94. The summed E-state index contributed by atoms with van der Waals surface area (Å²) >= 11 is 0. The molecule has 0 fully saturated rings. The van der Waals surface area contributed by atoms with E-state index in [4.69, 9.17) is 0 Å². The van der Waals surface area contributed by atoms with Crippen LogP contribution in [0.1, 0.15) is 0 Å². The summed E-state index contributed by atoms with van der Waals surface area (Å²) in [6.07, 6.45) is 4.27. The van der Waals surface area contributed by atoms with Crippen LogP contribution in [0.3, 0.4) is 0 Å². The molecule has 0 aliphatic carbocycles. The first-order valence-electron chi connectivity index (χ1n) is 7.90. The zero-order valence-corrected chi connectivity index (χ0v) is 14.2. The van der Waals surface area contributed by atoms with E-state index in [-0.39, 0.29) is 0 Å². The summed E-state index contributed by atoms with van der Waals surface area (Å²) in [6.45, 7) is -1.95. The summed E-state index contributed by atoms with van der Waals surface area (Å²) in [5.74, 6) is 2.21. The molecular formula is C22H19OP. The molecule has 0 aliphatic heterocycles. The van der Waals surface area contributed by atoms with Crippen molar-refractivity contribution in [3.05, 3.63) is 103 Å². The van der Waals surface area contributed by atoms with Gasteiger partial charge in [0.15, 0.2) is 0 Å². The van der Waals surface area contributed by atoms with Crippen molar-refractivity contribution >= 4 is 34.9 Å². The molecule has 2 heteroatoms. The molecule has 0 atom stereocenters. The SMILES string of the molecule is O=CC=CC=P(c1ccccc1)(c1ccccc1)c1ccccc1. The summed E-state index contributed by atoms with van der Waals surface area (Å²) in [6, 6.07) is 31.6. The number of aldehydes is 1. The van der Waals surface area contributed by atoms with E-state index in [1.54, 1.807) is 6.08 Å². The quantitative estimate of drug-likeness (QED) is 0.397. The molecule has 0 amide bonds. The van der Waals surface area contributed by atoms with Gasteiger partial charge < -0.3 is 0 Å². The van der Waals surface area contributed by atoms with Crippen molar-refractivity contribution in [2.45, 2.75) is 0 Å². The van der Waals surface area contributed by atoms with Gasteiger partial charge in [0, 0.05) is 0 Å². The molecule has 0 saturated carbocycles. The average Bonchev–Trinajstić information content (AvgIpc) is 2.68. The van der Waals surface area contributed by atoms with Gasteiger partial charge in [-0.25, -0.2) is 0 Å². The minimum absolute atomic E-state index is 0.826. The van der Waals surface area contributed by atoms with Crippen molar-refractivity contribution in [1.29, 1.82) is 0 Å². The summed E-state index contributed by atoms with van der Waals surface area (Å²) in [5, 5.41) is 3.83. The molecule has 0 unspecified atom stereocenters. The van der Waals surface area contributed by atoms with Gasteiger partial charge >= 0.3 is 0 Å². The van der Waals surface area contributed by atoms with Crippen LogP contribution < -0.4 is 15.9 Å². The van der Waals surface area contributed by atoms with Crippen LogP contribution >= 0.6 is 6.89 Å². The number of carbonyl (C=O) groups excluding carboxylic acids is 1. The van der Waals surface area contributed by atoms with Gasteiger partial charge in [-0.05, 0) is 28.9 Å². The van der Waals surface area contributed by atoms with Crippen LogP contribution in [0, 0.1) is 0 Å². The van der Waals surface area contributed by atoms with E-state index in [0.717, 1.165) is 6.29 Å². The van der Waals surface area contributed by atoms with Crippen molar-refractivity contribution in [3.8, 4) is 0 Å². The predicted molar refractivity (Wildman–Crippen MR) is 106 cm³/mol. The maximum absolute atomic E-state index is 10.8. The van der Waals surface area contributed by atoms with Crippen LogP contribution in [-0.2, 0) is 4.79 Å². The second-order valence-electron chi connectivity index (χ2n) is 5.40. The van der Waals surface area contributed by atoms with Crippen LogP contribution in [0.25, 0.3) is 0 Å². The fourth-order valence-corrected chi connectivity index (χ4v) is 6.61. The van der Waals surface area contributed by atoms with Gasteiger partial charge in [-0.3, -0.25) is 4.79 Å². The molecule has 3 aromatic carbocycles. The number of hydrogen-bond acceptors (Lipinski definition) is 1. The van der Waals surface area contributed by atoms with E-state index in [9.17, 15) is 4.79 Å². The van der Waals surface area contributed by atoms with Crippen molar-refractivity contribution in [2.75, 3.05) is 0 Å². The van der Waals surface area contributed by atoms with Crippen molar-refractivity contribution < 1.29 is 4.79 Å². The molecular weight excluding hydrogens is 311 g/mol. The lowest BCUT2D eigenvalue weighted by Gasteiger charge is -2.28. The normalized spacial score (nSPS) is 11.3. The first-order valence-corrected chi connectivity index (χ1v) is 9.75. The summed E-state index contributed by atoms with van der Waals surface area (Å²) in [4.78, 5) is 10.8. The van der Waals surface area contributed by atoms with Gasteiger partial charge in [-0.1, -0.05) is 103 Å². The van der Waals surface area contributed by atoms with Crippen molar-refractivity contribution in [2.24, 2.45) is 0 Å². The van der Waals surface area contributed by atoms with Crippen LogP contribution in [0.2, 0.25) is 0 Å². The third-order valence-corrected chi connectivity index (χ3v) is 7.95. The summed E-state index contributed by atoms with van der Waals surface area (Å²) in [7, 11) is 0. The van der Waals surface area contributed by atoms with Crippen molar-refractivity contribution in [3.63, 3.8) is 0 Å². The third-order valence-electron chi connectivity index (χ3n) is 3.99. The van der Waals surface area contributed by atoms with Crippen LogP contribution in [0.5, 0.6) is 0 Å². The molecule has 1 nitrogen and oxygen atoms in total. The van der Waals surface area contributed by atoms with Gasteiger partial charge in [0.25, 0.3) is 0 Å². The lowest BCUT2D eigenvalue weighted by atomic mass is 10.4. The second kappa shape index (κ2) is 7.77. The molecule has 0 radical (unpaired) electrons. The Morgan fingerprint density at radius 2 is 0.917 bits per heavy atom. The first kappa shape index (κ1) is 16.2. The molecule has 118 valence electrons. The molecule has 0 heterocycles. The Hall–Kier alpha value is -2.63. The van der Waals surface area contributed by atoms with Gasteiger partial charge in [0.2, 0.25) is 0 Å². The van der Waals surface area contributed by atoms with Gasteiger partial charge in [-0.15, -0.1) is 0 Å². The first-order chi connectivity index (χ1) is 11.9. The van der Waals surface area contributed by atoms with E-state index in [2.05, 4.69) is 78.6 Å². The highest BCUT2D eigenvalue weighted by Gasteiger charge is 2.23. The molecule has 0 aliphatic rings. The zero-order chi connectivity index (χ0) is 16.7. The van der Waals surface area contributed by atoms with E-state index >= 15 is 0 Å². The molecule has 0 spiro atoms. The molecule has 3 rings (SSSR count). The number of allylic oxidation sites excluding steroid dienone is 2. The minimum atomic E-state index is -1.95. The average molecular weight is 330 g/mol. The Labute approximate surface area is 143 Å². The molecule has 0 saturated heterocycles. The Bertz CT molecular complexity index is 762. The van der Waals surface area contributed by atoms with E-state index in [0.29, 0.717) is 0 Å². The van der Waals surface area contributed by atoms with Crippen LogP contribution in [0.4, 0.5) is 0 Å². The lowest BCUT2D eigenvalue weighted by Crippen LogP contribution is -2.26. The Morgan fingerprint density at radius 1 is 0.542 bits per heavy atom. The number of benzene rings is 3. The Kier molecular flexibility index (Phi) is 5.25. The van der Waals surface area contributed by atoms with Gasteiger partial charge in [-0.2, -0.15) is 0 Å². The maximum atomic E-state index is 10.8. The number of rotatable bonds is 5. The molecule has 0 aromatic heterocycles. The molecule has 24 heavy (non-hydrogen) atoms. The number of carbonyl (C=O) groups is 1. The monoisotopic (exact) mass is 330 g/mol. The zero-order valence-electron chi connectivity index (χ0n) is 13.3. The van der Waals surface area contributed by atoms with E-state index in [1.807, 2.05) is 24.3 Å².